The molecule has 1 aromatic rings. The van der Waals surface area contributed by atoms with Crippen LogP contribution in [0.4, 0.5) is 4.39 Å². The van der Waals surface area contributed by atoms with Crippen LogP contribution < -0.4 is 0 Å². The van der Waals surface area contributed by atoms with E-state index in [2.05, 4.69) is 4.98 Å². The molecule has 3 heteroatoms. The predicted octanol–water partition coefficient (Wildman–Crippen LogP) is 1.60. The summed E-state index contributed by atoms with van der Waals surface area (Å²) in [6.07, 6.45) is 2.91. The lowest BCUT2D eigenvalue weighted by Crippen LogP contribution is -1.93. The molecular weight excluding hydrogens is 143 g/mol. The molecule has 0 radical (unpaired) electrons. The van der Waals surface area contributed by atoms with Crippen LogP contribution in [0.25, 0.3) is 0 Å². The third-order valence-electron chi connectivity index (χ3n) is 1.40. The summed E-state index contributed by atoms with van der Waals surface area (Å²) in [5.41, 5.74) is 0.852. The average Bonchev–Trinajstić information content (AvgIpc) is 1.99. The van der Waals surface area contributed by atoms with Crippen molar-refractivity contribution >= 4 is 0 Å². The summed E-state index contributed by atoms with van der Waals surface area (Å²) in [6.45, 7) is 1.63. The Kier molecular flexibility index (Phi) is 2.17. The van der Waals surface area contributed by atoms with E-state index >= 15 is 0 Å². The van der Waals surface area contributed by atoms with E-state index in [1.807, 2.05) is 6.07 Å². The highest BCUT2D eigenvalue weighted by Crippen LogP contribution is 2.09. The van der Waals surface area contributed by atoms with Crippen LogP contribution >= 0.6 is 0 Å². The maximum atomic E-state index is 13.0. The topological polar surface area (TPSA) is 36.7 Å². The Hall–Kier alpha value is -1.43. The molecule has 2 nitrogen and oxygen atoms in total. The molecule has 0 atom stereocenters. The summed E-state index contributed by atoms with van der Waals surface area (Å²) < 4.78 is 13.0. The molecule has 11 heavy (non-hydrogen) atoms. The van der Waals surface area contributed by atoms with Gasteiger partial charge in [-0.3, -0.25) is 4.98 Å². The first-order chi connectivity index (χ1) is 5.25. The molecule has 1 rings (SSSR count). The Bertz CT molecular complexity index is 301. The van der Waals surface area contributed by atoms with Crippen molar-refractivity contribution in [2.24, 2.45) is 0 Å². The van der Waals surface area contributed by atoms with Gasteiger partial charge in [0.2, 0.25) is 0 Å². The molecule has 0 bridgehead atoms. The smallest absolute Gasteiger partial charge is 0.133 e. The van der Waals surface area contributed by atoms with E-state index in [-0.39, 0.29) is 12.2 Å². The largest absolute Gasteiger partial charge is 0.264 e. The zero-order chi connectivity index (χ0) is 8.27. The molecule has 0 aliphatic carbocycles. The molecule has 0 amide bonds. The molecule has 0 spiro atoms. The Labute approximate surface area is 64.3 Å². The van der Waals surface area contributed by atoms with Gasteiger partial charge in [-0.05, 0) is 6.92 Å². The summed E-state index contributed by atoms with van der Waals surface area (Å²) in [5.74, 6) is -0.318. The number of aromatic nitrogens is 1. The zero-order valence-electron chi connectivity index (χ0n) is 6.13. The minimum absolute atomic E-state index is 0.0838. The standard InChI is InChI=1S/C8H7FN2/c1-6-4-11-5-7(2-3-10)8(6)9/h4-5H,2H2,1H3. The van der Waals surface area contributed by atoms with Crippen LogP contribution in [-0.2, 0) is 6.42 Å². The van der Waals surface area contributed by atoms with Crippen molar-refractivity contribution in [1.29, 1.82) is 5.26 Å². The van der Waals surface area contributed by atoms with Gasteiger partial charge in [-0.1, -0.05) is 0 Å². The third kappa shape index (κ3) is 1.53. The van der Waals surface area contributed by atoms with E-state index in [9.17, 15) is 4.39 Å². The molecule has 0 saturated heterocycles. The predicted molar refractivity (Wildman–Crippen MR) is 38.2 cm³/mol. The average molecular weight is 150 g/mol. The van der Waals surface area contributed by atoms with Crippen LogP contribution in [0.1, 0.15) is 11.1 Å². The Morgan fingerprint density at radius 2 is 2.36 bits per heavy atom. The number of nitrogens with zero attached hydrogens (tertiary/aromatic N) is 2. The molecule has 0 N–H and O–H groups in total. The van der Waals surface area contributed by atoms with E-state index in [1.165, 1.54) is 12.4 Å². The minimum Gasteiger partial charge on any atom is -0.264 e. The first kappa shape index (κ1) is 7.67. The maximum Gasteiger partial charge on any atom is 0.133 e. The number of nitriles is 1. The molecule has 0 saturated carbocycles. The van der Waals surface area contributed by atoms with Gasteiger partial charge in [-0.15, -0.1) is 0 Å². The molecule has 0 aromatic carbocycles. The van der Waals surface area contributed by atoms with Gasteiger partial charge in [-0.2, -0.15) is 5.26 Å². The highest BCUT2D eigenvalue weighted by atomic mass is 19.1. The highest BCUT2D eigenvalue weighted by molar-refractivity contribution is 5.22. The van der Waals surface area contributed by atoms with Crippen molar-refractivity contribution in [3.8, 4) is 6.07 Å². The molecule has 0 fully saturated rings. The second kappa shape index (κ2) is 3.11. The number of hydrogen-bond donors (Lipinski definition) is 0. The van der Waals surface area contributed by atoms with Crippen LogP contribution in [0, 0.1) is 24.1 Å². The lowest BCUT2D eigenvalue weighted by atomic mass is 10.1. The zero-order valence-corrected chi connectivity index (χ0v) is 6.13. The molecular formula is C8H7FN2. The Morgan fingerprint density at radius 3 is 3.00 bits per heavy atom. The number of pyridine rings is 1. The van der Waals surface area contributed by atoms with Crippen molar-refractivity contribution < 1.29 is 4.39 Å². The maximum absolute atomic E-state index is 13.0. The molecule has 0 aliphatic heterocycles. The minimum atomic E-state index is -0.318. The molecule has 0 aliphatic rings. The van der Waals surface area contributed by atoms with Gasteiger partial charge in [-0.25, -0.2) is 4.39 Å². The SMILES string of the molecule is Cc1cncc(CC#N)c1F. The lowest BCUT2D eigenvalue weighted by molar-refractivity contribution is 0.603. The lowest BCUT2D eigenvalue weighted by Gasteiger charge is -1.98. The fourth-order valence-corrected chi connectivity index (χ4v) is 0.814. The summed E-state index contributed by atoms with van der Waals surface area (Å²) >= 11 is 0. The number of halogens is 1. The number of aryl methyl sites for hydroxylation is 1. The van der Waals surface area contributed by atoms with E-state index in [0.717, 1.165) is 0 Å². The molecule has 1 aromatic heterocycles. The van der Waals surface area contributed by atoms with Gasteiger partial charge >= 0.3 is 0 Å². The van der Waals surface area contributed by atoms with Gasteiger partial charge in [0.15, 0.2) is 0 Å². The van der Waals surface area contributed by atoms with Gasteiger partial charge < -0.3 is 0 Å². The monoisotopic (exact) mass is 150 g/mol. The van der Waals surface area contributed by atoms with Crippen molar-refractivity contribution in [1.82, 2.24) is 4.98 Å². The van der Waals surface area contributed by atoms with E-state index in [0.29, 0.717) is 11.1 Å². The van der Waals surface area contributed by atoms with Crippen LogP contribution in [0.15, 0.2) is 12.4 Å². The van der Waals surface area contributed by atoms with Gasteiger partial charge in [0.25, 0.3) is 0 Å². The van der Waals surface area contributed by atoms with Gasteiger partial charge in [0.1, 0.15) is 5.82 Å². The first-order valence-corrected chi connectivity index (χ1v) is 3.21. The molecule has 1 heterocycles. The molecule has 56 valence electrons. The highest BCUT2D eigenvalue weighted by Gasteiger charge is 2.03. The summed E-state index contributed by atoms with van der Waals surface area (Å²) in [5, 5.41) is 8.29. The fourth-order valence-electron chi connectivity index (χ4n) is 0.814. The van der Waals surface area contributed by atoms with Crippen molar-refractivity contribution in [3.05, 3.63) is 29.3 Å². The Balaban J connectivity index is 3.08. The Morgan fingerprint density at radius 1 is 1.64 bits per heavy atom. The van der Waals surface area contributed by atoms with Crippen LogP contribution in [-0.4, -0.2) is 4.98 Å². The van der Waals surface area contributed by atoms with Crippen LogP contribution in [0.2, 0.25) is 0 Å². The normalized spacial score (nSPS) is 9.18. The number of rotatable bonds is 1. The van der Waals surface area contributed by atoms with Crippen molar-refractivity contribution in [2.45, 2.75) is 13.3 Å². The number of hydrogen-bond acceptors (Lipinski definition) is 2. The van der Waals surface area contributed by atoms with Crippen molar-refractivity contribution in [3.63, 3.8) is 0 Å². The summed E-state index contributed by atoms with van der Waals surface area (Å²) in [7, 11) is 0. The second-order valence-electron chi connectivity index (χ2n) is 2.26. The summed E-state index contributed by atoms with van der Waals surface area (Å²) in [4.78, 5) is 3.77. The van der Waals surface area contributed by atoms with Gasteiger partial charge in [0, 0.05) is 23.5 Å². The van der Waals surface area contributed by atoms with Crippen LogP contribution in [0.3, 0.4) is 0 Å². The van der Waals surface area contributed by atoms with E-state index in [4.69, 9.17) is 5.26 Å². The van der Waals surface area contributed by atoms with Crippen LogP contribution in [0.5, 0.6) is 0 Å². The first-order valence-electron chi connectivity index (χ1n) is 3.21. The van der Waals surface area contributed by atoms with Crippen molar-refractivity contribution in [2.75, 3.05) is 0 Å². The van der Waals surface area contributed by atoms with E-state index in [1.54, 1.807) is 6.92 Å². The summed E-state index contributed by atoms with van der Waals surface area (Å²) in [6, 6.07) is 1.87. The van der Waals surface area contributed by atoms with Gasteiger partial charge in [0.05, 0.1) is 12.5 Å². The second-order valence-corrected chi connectivity index (χ2v) is 2.26. The quantitative estimate of drug-likeness (QED) is 0.609. The van der Waals surface area contributed by atoms with E-state index < -0.39 is 0 Å². The fraction of sp³-hybridized carbons (Fsp3) is 0.250. The molecule has 0 unspecified atom stereocenters. The third-order valence-corrected chi connectivity index (χ3v) is 1.40.